The number of hydrogen-bond donors (Lipinski definition) is 2. The Labute approximate surface area is 81.6 Å². The lowest BCUT2D eigenvalue weighted by atomic mass is 10.1. The van der Waals surface area contributed by atoms with Gasteiger partial charge >= 0.3 is 0 Å². The predicted molar refractivity (Wildman–Crippen MR) is 49.9 cm³/mol. The summed E-state index contributed by atoms with van der Waals surface area (Å²) in [5, 5.41) is 11.5. The molecular weight excluding hydrogens is 188 g/mol. The van der Waals surface area contributed by atoms with E-state index >= 15 is 0 Å². The summed E-state index contributed by atoms with van der Waals surface area (Å²) < 4.78 is 25.6. The van der Waals surface area contributed by atoms with Crippen LogP contribution < -0.4 is 5.32 Å². The van der Waals surface area contributed by atoms with Crippen LogP contribution in [0.4, 0.5) is 8.78 Å². The fourth-order valence-electron chi connectivity index (χ4n) is 1.22. The summed E-state index contributed by atoms with van der Waals surface area (Å²) in [6, 6.07) is 3.21. The fourth-order valence-corrected chi connectivity index (χ4v) is 1.22. The van der Waals surface area contributed by atoms with E-state index < -0.39 is 11.6 Å². The van der Waals surface area contributed by atoms with E-state index in [1.807, 2.05) is 0 Å². The van der Waals surface area contributed by atoms with E-state index in [0.717, 1.165) is 6.07 Å². The topological polar surface area (TPSA) is 32.3 Å². The number of aliphatic hydroxyl groups excluding tert-OH is 1. The zero-order valence-electron chi connectivity index (χ0n) is 7.93. The minimum Gasteiger partial charge on any atom is -0.395 e. The highest BCUT2D eigenvalue weighted by Crippen LogP contribution is 2.15. The summed E-state index contributed by atoms with van der Waals surface area (Å²) in [7, 11) is 0. The summed E-state index contributed by atoms with van der Waals surface area (Å²) in [5.74, 6) is -1.17. The summed E-state index contributed by atoms with van der Waals surface area (Å²) in [6.45, 7) is 2.19. The summed E-state index contributed by atoms with van der Waals surface area (Å²) in [5.41, 5.74) is 0.538. The Morgan fingerprint density at radius 3 is 2.36 bits per heavy atom. The molecule has 2 N–H and O–H groups in total. The quantitative estimate of drug-likeness (QED) is 0.775. The number of rotatable bonds is 4. The Balaban J connectivity index is 2.73. The largest absolute Gasteiger partial charge is 0.395 e. The van der Waals surface area contributed by atoms with Gasteiger partial charge < -0.3 is 10.4 Å². The molecule has 0 saturated carbocycles. The van der Waals surface area contributed by atoms with Crippen LogP contribution in [0.3, 0.4) is 0 Å². The molecule has 0 aromatic heterocycles. The molecule has 2 nitrogen and oxygen atoms in total. The van der Waals surface area contributed by atoms with Crippen LogP contribution >= 0.6 is 0 Å². The van der Waals surface area contributed by atoms with Gasteiger partial charge in [-0.1, -0.05) is 0 Å². The van der Waals surface area contributed by atoms with E-state index in [4.69, 9.17) is 5.11 Å². The molecule has 1 unspecified atom stereocenters. The van der Waals surface area contributed by atoms with Gasteiger partial charge in [0.1, 0.15) is 11.6 Å². The number of nitrogens with one attached hydrogen (secondary N) is 1. The zero-order valence-corrected chi connectivity index (χ0v) is 7.93. The molecule has 4 heteroatoms. The van der Waals surface area contributed by atoms with Crippen LogP contribution in [0.25, 0.3) is 0 Å². The number of halogens is 2. The molecular formula is C10H13F2NO. The zero-order chi connectivity index (χ0) is 10.6. The maximum Gasteiger partial charge on any atom is 0.126 e. The van der Waals surface area contributed by atoms with Gasteiger partial charge in [0, 0.05) is 18.7 Å². The lowest BCUT2D eigenvalue weighted by Gasteiger charge is -2.13. The molecule has 0 radical (unpaired) electrons. The molecule has 0 aliphatic rings. The second-order valence-corrected chi connectivity index (χ2v) is 3.10. The smallest absolute Gasteiger partial charge is 0.126 e. The van der Waals surface area contributed by atoms with Gasteiger partial charge in [-0.25, -0.2) is 8.78 Å². The van der Waals surface area contributed by atoms with Crippen molar-refractivity contribution in [2.75, 3.05) is 13.2 Å². The third-order valence-electron chi connectivity index (χ3n) is 1.95. The fraction of sp³-hybridized carbons (Fsp3) is 0.400. The van der Waals surface area contributed by atoms with Gasteiger partial charge in [-0.15, -0.1) is 0 Å². The van der Waals surface area contributed by atoms with Gasteiger partial charge in [0.05, 0.1) is 6.61 Å². The van der Waals surface area contributed by atoms with Crippen LogP contribution in [0, 0.1) is 11.6 Å². The van der Waals surface area contributed by atoms with Gasteiger partial charge in [0.15, 0.2) is 0 Å². The SMILES string of the molecule is CC(NCCO)c1cc(F)cc(F)c1. The Morgan fingerprint density at radius 2 is 1.86 bits per heavy atom. The maximum atomic E-state index is 12.8. The van der Waals surface area contributed by atoms with Crippen molar-refractivity contribution in [1.29, 1.82) is 0 Å². The van der Waals surface area contributed by atoms with E-state index in [9.17, 15) is 8.78 Å². The minimum absolute atomic E-state index is 0.00212. The molecule has 0 saturated heterocycles. The molecule has 0 bridgehead atoms. The molecule has 1 atom stereocenters. The molecule has 1 aromatic rings. The van der Waals surface area contributed by atoms with Gasteiger partial charge in [-0.2, -0.15) is 0 Å². The third kappa shape index (κ3) is 3.05. The van der Waals surface area contributed by atoms with Gasteiger partial charge in [-0.3, -0.25) is 0 Å². The average Bonchev–Trinajstić information content (AvgIpc) is 2.12. The van der Waals surface area contributed by atoms with Gasteiger partial charge in [0.25, 0.3) is 0 Å². The lowest BCUT2D eigenvalue weighted by molar-refractivity contribution is 0.286. The summed E-state index contributed by atoms with van der Waals surface area (Å²) in [6.07, 6.45) is 0. The first-order valence-electron chi connectivity index (χ1n) is 4.43. The molecule has 1 aromatic carbocycles. The average molecular weight is 201 g/mol. The Kier molecular flexibility index (Phi) is 3.98. The summed E-state index contributed by atoms with van der Waals surface area (Å²) >= 11 is 0. The van der Waals surface area contributed by atoms with Crippen LogP contribution in [-0.2, 0) is 0 Å². The van der Waals surface area contributed by atoms with Crippen molar-refractivity contribution in [2.24, 2.45) is 0 Å². The van der Waals surface area contributed by atoms with Gasteiger partial charge in [-0.05, 0) is 24.6 Å². The first-order chi connectivity index (χ1) is 6.63. The summed E-state index contributed by atoms with van der Waals surface area (Å²) in [4.78, 5) is 0. The van der Waals surface area contributed by atoms with E-state index in [0.29, 0.717) is 12.1 Å². The van der Waals surface area contributed by atoms with E-state index in [1.165, 1.54) is 12.1 Å². The molecule has 0 spiro atoms. The Morgan fingerprint density at radius 1 is 1.29 bits per heavy atom. The van der Waals surface area contributed by atoms with Crippen LogP contribution in [0.1, 0.15) is 18.5 Å². The highest BCUT2D eigenvalue weighted by Gasteiger charge is 2.07. The van der Waals surface area contributed by atoms with E-state index in [1.54, 1.807) is 6.92 Å². The standard InChI is InChI=1S/C10H13F2NO/c1-7(13-2-3-14)8-4-9(11)6-10(12)5-8/h4-7,13-14H,2-3H2,1H3. The predicted octanol–water partition coefficient (Wildman–Crippen LogP) is 1.61. The Bertz CT molecular complexity index is 284. The van der Waals surface area contributed by atoms with Crippen molar-refractivity contribution in [3.05, 3.63) is 35.4 Å². The highest BCUT2D eigenvalue weighted by molar-refractivity contribution is 5.20. The molecule has 1 rings (SSSR count). The normalized spacial score (nSPS) is 12.9. The van der Waals surface area contributed by atoms with Crippen molar-refractivity contribution >= 4 is 0 Å². The van der Waals surface area contributed by atoms with E-state index in [2.05, 4.69) is 5.32 Å². The molecule has 78 valence electrons. The second kappa shape index (κ2) is 5.02. The minimum atomic E-state index is -0.586. The van der Waals surface area contributed by atoms with E-state index in [-0.39, 0.29) is 12.6 Å². The Hall–Kier alpha value is -1.00. The van der Waals surface area contributed by atoms with Crippen molar-refractivity contribution in [3.8, 4) is 0 Å². The first-order valence-corrected chi connectivity index (χ1v) is 4.43. The van der Waals surface area contributed by atoms with Crippen LogP contribution in [0.2, 0.25) is 0 Å². The number of benzene rings is 1. The van der Waals surface area contributed by atoms with Crippen molar-refractivity contribution in [3.63, 3.8) is 0 Å². The number of hydrogen-bond acceptors (Lipinski definition) is 2. The number of aliphatic hydroxyl groups is 1. The second-order valence-electron chi connectivity index (χ2n) is 3.10. The van der Waals surface area contributed by atoms with Crippen LogP contribution in [0.5, 0.6) is 0 Å². The molecule has 0 fully saturated rings. The molecule has 0 heterocycles. The van der Waals surface area contributed by atoms with Crippen molar-refractivity contribution in [2.45, 2.75) is 13.0 Å². The van der Waals surface area contributed by atoms with Crippen LogP contribution in [-0.4, -0.2) is 18.3 Å². The third-order valence-corrected chi connectivity index (χ3v) is 1.95. The van der Waals surface area contributed by atoms with Crippen molar-refractivity contribution < 1.29 is 13.9 Å². The molecule has 14 heavy (non-hydrogen) atoms. The van der Waals surface area contributed by atoms with Crippen molar-refractivity contribution in [1.82, 2.24) is 5.32 Å². The lowest BCUT2D eigenvalue weighted by Crippen LogP contribution is -2.22. The van der Waals surface area contributed by atoms with Gasteiger partial charge in [0.2, 0.25) is 0 Å². The monoisotopic (exact) mass is 201 g/mol. The van der Waals surface area contributed by atoms with Crippen LogP contribution in [0.15, 0.2) is 18.2 Å². The highest BCUT2D eigenvalue weighted by atomic mass is 19.1. The maximum absolute atomic E-state index is 12.8. The molecule has 0 aliphatic carbocycles. The first kappa shape index (κ1) is 11.1. The molecule has 0 aliphatic heterocycles. The molecule has 0 amide bonds.